The minimum atomic E-state index is -0.622. The van der Waals surface area contributed by atoms with Crippen LogP contribution >= 0.6 is 11.3 Å². The van der Waals surface area contributed by atoms with Gasteiger partial charge in [-0.15, -0.1) is 11.3 Å². The lowest BCUT2D eigenvalue weighted by atomic mass is 9.82. The number of thiazole rings is 1. The zero-order valence-electron chi connectivity index (χ0n) is 15.0. The van der Waals surface area contributed by atoms with Gasteiger partial charge in [-0.1, -0.05) is 12.1 Å². The molecule has 2 aromatic carbocycles. The Bertz CT molecular complexity index is 965. The summed E-state index contributed by atoms with van der Waals surface area (Å²) in [6.45, 7) is 1.02. The van der Waals surface area contributed by atoms with Crippen molar-refractivity contribution >= 4 is 17.2 Å². The van der Waals surface area contributed by atoms with Crippen LogP contribution in [0.25, 0.3) is 10.6 Å². The van der Waals surface area contributed by atoms with Crippen molar-refractivity contribution < 1.29 is 18.3 Å². The highest BCUT2D eigenvalue weighted by Gasteiger charge is 2.36. The van der Waals surface area contributed by atoms with Crippen LogP contribution in [0.5, 0.6) is 0 Å². The fourth-order valence-electron chi connectivity index (χ4n) is 3.36. The maximum atomic E-state index is 13.4. The van der Waals surface area contributed by atoms with Gasteiger partial charge in [0.2, 0.25) is 0 Å². The third-order valence-electron chi connectivity index (χ3n) is 4.92. The Hall–Kier alpha value is -2.64. The molecular weight excluding hydrogens is 382 g/mol. The van der Waals surface area contributed by atoms with E-state index in [0.29, 0.717) is 36.8 Å². The highest BCUT2D eigenvalue weighted by molar-refractivity contribution is 7.13. The standard InChI is InChI=1S/C21H18F2N2O2S/c22-16-5-1-14(2-6-16)20-24-18(13-28-20)19(26)25-21(9-11-27-12-10-21)15-3-7-17(23)8-4-15/h1-8,13H,9-12H2,(H,25,26). The van der Waals surface area contributed by atoms with Gasteiger partial charge in [-0.05, 0) is 54.8 Å². The molecule has 1 aromatic heterocycles. The molecule has 0 saturated carbocycles. The topological polar surface area (TPSA) is 51.2 Å². The minimum Gasteiger partial charge on any atom is -0.381 e. The van der Waals surface area contributed by atoms with Gasteiger partial charge in [0, 0.05) is 24.2 Å². The molecule has 0 atom stereocenters. The van der Waals surface area contributed by atoms with Gasteiger partial charge in [0.05, 0.1) is 5.54 Å². The Kier molecular flexibility index (Phi) is 5.19. The molecule has 4 nitrogen and oxygen atoms in total. The highest BCUT2D eigenvalue weighted by Crippen LogP contribution is 2.33. The van der Waals surface area contributed by atoms with Crippen molar-refractivity contribution in [3.8, 4) is 10.6 Å². The van der Waals surface area contributed by atoms with Crippen LogP contribution in [0.2, 0.25) is 0 Å². The number of ether oxygens (including phenoxy) is 1. The van der Waals surface area contributed by atoms with Gasteiger partial charge in [-0.25, -0.2) is 13.8 Å². The molecule has 0 spiro atoms. The van der Waals surface area contributed by atoms with E-state index < -0.39 is 5.54 Å². The van der Waals surface area contributed by atoms with Crippen molar-refractivity contribution in [3.63, 3.8) is 0 Å². The monoisotopic (exact) mass is 400 g/mol. The molecule has 1 aliphatic rings. The number of hydrogen-bond acceptors (Lipinski definition) is 4. The smallest absolute Gasteiger partial charge is 0.271 e. The summed E-state index contributed by atoms with van der Waals surface area (Å²) < 4.78 is 31.9. The van der Waals surface area contributed by atoms with Crippen LogP contribution < -0.4 is 5.32 Å². The van der Waals surface area contributed by atoms with Crippen molar-refractivity contribution in [2.24, 2.45) is 0 Å². The number of carbonyl (C=O) groups is 1. The summed E-state index contributed by atoms with van der Waals surface area (Å²) in [5, 5.41) is 5.43. The van der Waals surface area contributed by atoms with Crippen LogP contribution in [0.1, 0.15) is 28.9 Å². The first kappa shape index (κ1) is 18.7. The van der Waals surface area contributed by atoms with Gasteiger partial charge in [-0.3, -0.25) is 4.79 Å². The van der Waals surface area contributed by atoms with Crippen LogP contribution in [0.3, 0.4) is 0 Å². The lowest BCUT2D eigenvalue weighted by Gasteiger charge is -2.38. The molecule has 3 aromatic rings. The summed E-state index contributed by atoms with van der Waals surface area (Å²) in [5.74, 6) is -0.935. The number of halogens is 2. The molecule has 0 aliphatic carbocycles. The summed E-state index contributed by atoms with van der Waals surface area (Å²) in [6.07, 6.45) is 1.19. The summed E-state index contributed by atoms with van der Waals surface area (Å²) in [5.41, 5.74) is 1.28. The van der Waals surface area contributed by atoms with Crippen LogP contribution in [0, 0.1) is 11.6 Å². The number of hydrogen-bond donors (Lipinski definition) is 1. The number of benzene rings is 2. The molecule has 0 radical (unpaired) electrons. The van der Waals surface area contributed by atoms with Crippen molar-refractivity contribution in [2.45, 2.75) is 18.4 Å². The van der Waals surface area contributed by atoms with Crippen molar-refractivity contribution in [1.29, 1.82) is 0 Å². The molecule has 1 fully saturated rings. The fourth-order valence-corrected chi connectivity index (χ4v) is 4.17. The molecule has 1 N–H and O–H groups in total. The Labute approximate surface area is 165 Å². The summed E-state index contributed by atoms with van der Waals surface area (Å²) in [6, 6.07) is 12.2. The van der Waals surface area contributed by atoms with E-state index in [1.54, 1.807) is 29.6 Å². The van der Waals surface area contributed by atoms with Gasteiger partial charge in [0.15, 0.2) is 0 Å². The summed E-state index contributed by atoms with van der Waals surface area (Å²) >= 11 is 1.33. The van der Waals surface area contributed by atoms with Gasteiger partial charge in [-0.2, -0.15) is 0 Å². The number of nitrogens with one attached hydrogen (secondary N) is 1. The second kappa shape index (κ2) is 7.77. The van der Waals surface area contributed by atoms with E-state index in [1.165, 1.54) is 35.6 Å². The second-order valence-corrected chi connectivity index (χ2v) is 7.56. The van der Waals surface area contributed by atoms with Crippen LogP contribution in [0.15, 0.2) is 53.9 Å². The summed E-state index contributed by atoms with van der Waals surface area (Å²) in [7, 11) is 0. The lowest BCUT2D eigenvalue weighted by molar-refractivity contribution is 0.0344. The Morgan fingerprint density at radius 2 is 1.61 bits per heavy atom. The Balaban J connectivity index is 1.58. The third kappa shape index (κ3) is 3.81. The van der Waals surface area contributed by atoms with Crippen molar-refractivity contribution in [1.82, 2.24) is 10.3 Å². The molecular formula is C21H18F2N2O2S. The quantitative estimate of drug-likeness (QED) is 0.700. The average Bonchev–Trinajstić information content (AvgIpc) is 3.20. The van der Waals surface area contributed by atoms with E-state index in [9.17, 15) is 13.6 Å². The van der Waals surface area contributed by atoms with Gasteiger partial charge >= 0.3 is 0 Å². The molecule has 1 saturated heterocycles. The van der Waals surface area contributed by atoms with E-state index in [2.05, 4.69) is 10.3 Å². The molecule has 1 aliphatic heterocycles. The Morgan fingerprint density at radius 3 is 2.25 bits per heavy atom. The first-order valence-electron chi connectivity index (χ1n) is 8.93. The van der Waals surface area contributed by atoms with Crippen LogP contribution in [0.4, 0.5) is 8.78 Å². The number of rotatable bonds is 4. The Morgan fingerprint density at radius 1 is 1.00 bits per heavy atom. The molecule has 1 amide bonds. The number of nitrogens with zero attached hydrogens (tertiary/aromatic N) is 1. The van der Waals surface area contributed by atoms with E-state index in [-0.39, 0.29) is 17.5 Å². The zero-order valence-corrected chi connectivity index (χ0v) is 15.8. The molecule has 144 valence electrons. The lowest BCUT2D eigenvalue weighted by Crippen LogP contribution is -2.49. The van der Waals surface area contributed by atoms with Gasteiger partial charge < -0.3 is 10.1 Å². The molecule has 28 heavy (non-hydrogen) atoms. The molecule has 7 heteroatoms. The minimum absolute atomic E-state index is 0.296. The molecule has 2 heterocycles. The molecule has 4 rings (SSSR count). The largest absolute Gasteiger partial charge is 0.381 e. The predicted molar refractivity (Wildman–Crippen MR) is 103 cm³/mol. The van der Waals surface area contributed by atoms with Crippen LogP contribution in [-0.2, 0) is 10.3 Å². The van der Waals surface area contributed by atoms with Gasteiger partial charge in [0.1, 0.15) is 22.3 Å². The number of carbonyl (C=O) groups excluding carboxylic acids is 1. The van der Waals surface area contributed by atoms with Crippen molar-refractivity contribution in [3.05, 3.63) is 76.8 Å². The average molecular weight is 400 g/mol. The number of amides is 1. The van der Waals surface area contributed by atoms with E-state index in [0.717, 1.165) is 11.1 Å². The SMILES string of the molecule is O=C(NC1(c2ccc(F)cc2)CCOCC1)c1csc(-c2ccc(F)cc2)n1. The van der Waals surface area contributed by atoms with E-state index >= 15 is 0 Å². The van der Waals surface area contributed by atoms with E-state index in [4.69, 9.17) is 4.74 Å². The maximum absolute atomic E-state index is 13.4. The third-order valence-corrected chi connectivity index (χ3v) is 5.82. The van der Waals surface area contributed by atoms with E-state index in [1.807, 2.05) is 0 Å². The first-order valence-corrected chi connectivity index (χ1v) is 9.81. The van der Waals surface area contributed by atoms with Crippen LogP contribution in [-0.4, -0.2) is 24.1 Å². The highest BCUT2D eigenvalue weighted by atomic mass is 32.1. The molecule has 0 bridgehead atoms. The van der Waals surface area contributed by atoms with Gasteiger partial charge in [0.25, 0.3) is 5.91 Å². The normalized spacial score (nSPS) is 15.9. The first-order chi connectivity index (χ1) is 13.6. The number of aromatic nitrogens is 1. The maximum Gasteiger partial charge on any atom is 0.271 e. The summed E-state index contributed by atoms with van der Waals surface area (Å²) in [4.78, 5) is 17.3. The second-order valence-electron chi connectivity index (χ2n) is 6.70. The predicted octanol–water partition coefficient (Wildman–Crippen LogP) is 4.52. The fraction of sp³-hybridized carbons (Fsp3) is 0.238. The van der Waals surface area contributed by atoms with Crippen molar-refractivity contribution in [2.75, 3.05) is 13.2 Å². The molecule has 0 unspecified atom stereocenters. The zero-order chi connectivity index (χ0) is 19.6.